The number of hydrogen-bond donors (Lipinski definition) is 3. The van der Waals surface area contributed by atoms with Crippen molar-refractivity contribution in [3.8, 4) is 34.5 Å². The van der Waals surface area contributed by atoms with Crippen LogP contribution < -0.4 is 18.9 Å². The summed E-state index contributed by atoms with van der Waals surface area (Å²) in [4.78, 5) is 10.6. The number of benzene rings is 2. The molecule has 148 valence electrons. The van der Waals surface area contributed by atoms with E-state index >= 15 is 0 Å². The summed E-state index contributed by atoms with van der Waals surface area (Å²) in [6, 6.07) is 6.14. The minimum Gasteiger partial charge on any atom is -0.504 e. The highest BCUT2D eigenvalue weighted by Crippen LogP contribution is 2.48. The summed E-state index contributed by atoms with van der Waals surface area (Å²) < 4.78 is 22.3. The highest BCUT2D eigenvalue weighted by atomic mass is 16.6. The Labute approximate surface area is 161 Å². The average molecular weight is 388 g/mol. The van der Waals surface area contributed by atoms with Gasteiger partial charge < -0.3 is 34.3 Å². The number of aliphatic hydroxyl groups excluding tert-OH is 1. The van der Waals surface area contributed by atoms with Crippen LogP contribution in [0.25, 0.3) is 6.08 Å². The maximum absolute atomic E-state index is 10.6. The molecule has 1 aliphatic heterocycles. The van der Waals surface area contributed by atoms with Gasteiger partial charge in [-0.05, 0) is 35.9 Å². The van der Waals surface area contributed by atoms with E-state index in [2.05, 4.69) is 0 Å². The molecule has 0 aliphatic carbocycles. The summed E-state index contributed by atoms with van der Waals surface area (Å²) in [6.45, 7) is -0.371. The number of methoxy groups -OCH3 is 2. The standard InChI is InChI=1S/C20H20O8/c1-25-14-9-12(8-13(23)18(14)24)19-17(10-22)28-20-15(26-2)6-11(4-3-5-21)7-16(20)27-19/h3-9,17,19,22-24H,10H2,1-2H3. The number of phenolic OH excluding ortho intramolecular Hbond substituents is 2. The highest BCUT2D eigenvalue weighted by Gasteiger charge is 2.35. The zero-order valence-electron chi connectivity index (χ0n) is 15.3. The maximum atomic E-state index is 10.6. The zero-order chi connectivity index (χ0) is 20.3. The number of aldehydes is 1. The van der Waals surface area contributed by atoms with Gasteiger partial charge in [-0.3, -0.25) is 4.79 Å². The molecule has 0 spiro atoms. The number of aliphatic hydroxyl groups is 1. The summed E-state index contributed by atoms with van der Waals surface area (Å²) in [5.74, 6) is 0.308. The number of fused-ring (bicyclic) bond motifs is 1. The van der Waals surface area contributed by atoms with Gasteiger partial charge in [0, 0.05) is 5.56 Å². The van der Waals surface area contributed by atoms with Crippen molar-refractivity contribution >= 4 is 12.4 Å². The van der Waals surface area contributed by atoms with Crippen molar-refractivity contribution in [2.75, 3.05) is 20.8 Å². The zero-order valence-corrected chi connectivity index (χ0v) is 15.3. The van der Waals surface area contributed by atoms with Crippen LogP contribution in [-0.2, 0) is 4.79 Å². The van der Waals surface area contributed by atoms with E-state index in [0.29, 0.717) is 34.7 Å². The van der Waals surface area contributed by atoms with Crippen molar-refractivity contribution < 1.29 is 39.1 Å². The van der Waals surface area contributed by atoms with Crippen LogP contribution in [0.2, 0.25) is 0 Å². The lowest BCUT2D eigenvalue weighted by Crippen LogP contribution is -2.36. The van der Waals surface area contributed by atoms with E-state index in [4.69, 9.17) is 18.9 Å². The third kappa shape index (κ3) is 3.54. The summed E-state index contributed by atoms with van der Waals surface area (Å²) >= 11 is 0. The van der Waals surface area contributed by atoms with Gasteiger partial charge in [0.1, 0.15) is 6.29 Å². The minimum absolute atomic E-state index is 0.0568. The van der Waals surface area contributed by atoms with E-state index < -0.39 is 18.0 Å². The number of phenols is 2. The number of aromatic hydroxyl groups is 2. The van der Waals surface area contributed by atoms with Crippen molar-refractivity contribution in [3.05, 3.63) is 41.5 Å². The number of carbonyl (C=O) groups is 1. The molecule has 0 saturated heterocycles. The fourth-order valence-electron chi connectivity index (χ4n) is 2.97. The van der Waals surface area contributed by atoms with Gasteiger partial charge in [-0.25, -0.2) is 0 Å². The molecule has 8 nitrogen and oxygen atoms in total. The van der Waals surface area contributed by atoms with Gasteiger partial charge in [0.25, 0.3) is 0 Å². The number of carbonyl (C=O) groups excluding carboxylic acids is 1. The van der Waals surface area contributed by atoms with Crippen LogP contribution in [0.4, 0.5) is 0 Å². The van der Waals surface area contributed by atoms with Crippen LogP contribution in [0.15, 0.2) is 30.3 Å². The normalized spacial score (nSPS) is 18.1. The van der Waals surface area contributed by atoms with E-state index in [1.54, 1.807) is 18.2 Å². The molecule has 2 aromatic rings. The second kappa shape index (κ2) is 8.10. The number of allylic oxidation sites excluding steroid dienone is 1. The second-order valence-corrected chi connectivity index (χ2v) is 6.01. The van der Waals surface area contributed by atoms with Crippen molar-refractivity contribution in [2.24, 2.45) is 0 Å². The van der Waals surface area contributed by atoms with E-state index in [1.807, 2.05) is 0 Å². The second-order valence-electron chi connectivity index (χ2n) is 6.01. The lowest BCUT2D eigenvalue weighted by atomic mass is 10.0. The molecule has 2 aromatic carbocycles. The molecule has 8 heteroatoms. The largest absolute Gasteiger partial charge is 0.504 e. The van der Waals surface area contributed by atoms with Crippen LogP contribution in [-0.4, -0.2) is 48.5 Å². The van der Waals surface area contributed by atoms with Gasteiger partial charge in [-0.1, -0.05) is 6.08 Å². The first-order valence-corrected chi connectivity index (χ1v) is 8.40. The molecule has 0 aromatic heterocycles. The molecule has 0 saturated carbocycles. The van der Waals surface area contributed by atoms with Gasteiger partial charge in [0.05, 0.1) is 20.8 Å². The molecule has 0 bridgehead atoms. The predicted molar refractivity (Wildman–Crippen MR) is 99.3 cm³/mol. The van der Waals surface area contributed by atoms with Crippen molar-refractivity contribution in [1.29, 1.82) is 0 Å². The molecule has 28 heavy (non-hydrogen) atoms. The van der Waals surface area contributed by atoms with E-state index in [9.17, 15) is 20.1 Å². The number of hydrogen-bond acceptors (Lipinski definition) is 8. The van der Waals surface area contributed by atoms with Crippen molar-refractivity contribution in [3.63, 3.8) is 0 Å². The molecular weight excluding hydrogens is 368 g/mol. The topological polar surface area (TPSA) is 115 Å². The average Bonchev–Trinajstić information content (AvgIpc) is 2.72. The predicted octanol–water partition coefficient (Wildman–Crippen LogP) is 2.20. The molecular formula is C20H20O8. The van der Waals surface area contributed by atoms with Crippen LogP contribution in [0.5, 0.6) is 34.5 Å². The monoisotopic (exact) mass is 388 g/mol. The van der Waals surface area contributed by atoms with Gasteiger partial charge in [0.2, 0.25) is 11.5 Å². The Morgan fingerprint density at radius 1 is 1.07 bits per heavy atom. The molecule has 1 aliphatic rings. The molecule has 3 N–H and O–H groups in total. The third-order valence-corrected chi connectivity index (χ3v) is 4.30. The van der Waals surface area contributed by atoms with E-state index in [1.165, 1.54) is 32.4 Å². The molecule has 0 fully saturated rings. The molecule has 0 amide bonds. The molecule has 3 rings (SSSR count). The number of ether oxygens (including phenoxy) is 4. The van der Waals surface area contributed by atoms with Crippen molar-refractivity contribution in [2.45, 2.75) is 12.2 Å². The van der Waals surface area contributed by atoms with Crippen LogP contribution in [0.1, 0.15) is 17.2 Å². The smallest absolute Gasteiger partial charge is 0.204 e. The van der Waals surface area contributed by atoms with Crippen LogP contribution in [0.3, 0.4) is 0 Å². The lowest BCUT2D eigenvalue weighted by Gasteiger charge is -2.34. The Morgan fingerprint density at radius 3 is 2.46 bits per heavy atom. The van der Waals surface area contributed by atoms with E-state index in [0.717, 1.165) is 0 Å². The number of rotatable bonds is 6. The first-order chi connectivity index (χ1) is 13.5. The van der Waals surface area contributed by atoms with Gasteiger partial charge in [-0.2, -0.15) is 0 Å². The highest BCUT2D eigenvalue weighted by molar-refractivity contribution is 5.75. The van der Waals surface area contributed by atoms with Gasteiger partial charge >= 0.3 is 0 Å². The third-order valence-electron chi connectivity index (χ3n) is 4.30. The Morgan fingerprint density at radius 2 is 1.82 bits per heavy atom. The summed E-state index contributed by atoms with van der Waals surface area (Å²) in [5.41, 5.74) is 1.09. The maximum Gasteiger partial charge on any atom is 0.204 e. The molecule has 0 radical (unpaired) electrons. The fourth-order valence-corrected chi connectivity index (χ4v) is 2.97. The quantitative estimate of drug-likeness (QED) is 0.392. The van der Waals surface area contributed by atoms with E-state index in [-0.39, 0.29) is 18.1 Å². The summed E-state index contributed by atoms with van der Waals surface area (Å²) in [5, 5.41) is 29.6. The summed E-state index contributed by atoms with van der Waals surface area (Å²) in [6.07, 6.45) is 1.97. The Bertz CT molecular complexity index is 906. The molecule has 1 heterocycles. The Kier molecular flexibility index (Phi) is 5.60. The van der Waals surface area contributed by atoms with Crippen LogP contribution >= 0.6 is 0 Å². The lowest BCUT2D eigenvalue weighted by molar-refractivity contribution is -0.104. The van der Waals surface area contributed by atoms with Gasteiger partial charge in [-0.15, -0.1) is 0 Å². The Balaban J connectivity index is 2.07. The fraction of sp³-hybridized carbons (Fsp3) is 0.250. The minimum atomic E-state index is -0.800. The molecule has 2 atom stereocenters. The Hall–Kier alpha value is -3.39. The van der Waals surface area contributed by atoms with Gasteiger partial charge in [0.15, 0.2) is 35.2 Å². The first-order valence-electron chi connectivity index (χ1n) is 8.40. The van der Waals surface area contributed by atoms with Crippen LogP contribution in [0, 0.1) is 0 Å². The molecule has 2 unspecified atom stereocenters. The van der Waals surface area contributed by atoms with Crippen molar-refractivity contribution in [1.82, 2.24) is 0 Å². The summed E-state index contributed by atoms with van der Waals surface area (Å²) in [7, 11) is 2.82. The first kappa shape index (κ1) is 19.4. The SMILES string of the molecule is COc1cc(C2Oc3cc(C=CC=O)cc(OC)c3OC2CO)cc(O)c1O.